The maximum absolute atomic E-state index is 11.9. The lowest BCUT2D eigenvalue weighted by molar-refractivity contribution is 0.0958. The van der Waals surface area contributed by atoms with Crippen LogP contribution in [0.1, 0.15) is 20.1 Å². The topological polar surface area (TPSA) is 38.3 Å². The second kappa shape index (κ2) is 6.73. The van der Waals surface area contributed by atoms with E-state index in [0.29, 0.717) is 17.2 Å². The standard InChI is InChI=1S/C14H14BrNO2S/c1-18-11-7-13(19-9-11)14(17)16-8-12(15)10-5-3-2-4-6-10/h2-7,9,12H,8H2,1H3,(H,16,17). The molecule has 1 atom stereocenters. The molecule has 3 nitrogen and oxygen atoms in total. The summed E-state index contributed by atoms with van der Waals surface area (Å²) < 4.78 is 5.06. The summed E-state index contributed by atoms with van der Waals surface area (Å²) >= 11 is 4.95. The minimum atomic E-state index is -0.0753. The van der Waals surface area contributed by atoms with Gasteiger partial charge in [-0.25, -0.2) is 0 Å². The number of nitrogens with one attached hydrogen (secondary N) is 1. The third kappa shape index (κ3) is 3.81. The van der Waals surface area contributed by atoms with Crippen LogP contribution in [0.2, 0.25) is 0 Å². The highest BCUT2D eigenvalue weighted by Crippen LogP contribution is 2.23. The Bertz CT molecular complexity index is 541. The summed E-state index contributed by atoms with van der Waals surface area (Å²) in [5, 5.41) is 4.72. The first kappa shape index (κ1) is 14.1. The zero-order valence-corrected chi connectivity index (χ0v) is 12.8. The van der Waals surface area contributed by atoms with Gasteiger partial charge in [0.1, 0.15) is 5.75 Å². The molecule has 0 spiro atoms. The van der Waals surface area contributed by atoms with Gasteiger partial charge < -0.3 is 10.1 Å². The van der Waals surface area contributed by atoms with E-state index in [9.17, 15) is 4.79 Å². The number of hydrogen-bond acceptors (Lipinski definition) is 3. The summed E-state index contributed by atoms with van der Waals surface area (Å²) in [6.07, 6.45) is 0. The summed E-state index contributed by atoms with van der Waals surface area (Å²) in [4.78, 5) is 12.7. The Labute approximate surface area is 124 Å². The fourth-order valence-corrected chi connectivity index (χ4v) is 2.83. The van der Waals surface area contributed by atoms with Gasteiger partial charge in [0.15, 0.2) is 0 Å². The first-order valence-corrected chi connectivity index (χ1v) is 7.60. The van der Waals surface area contributed by atoms with Crippen molar-refractivity contribution in [3.8, 4) is 5.75 Å². The third-order valence-corrected chi connectivity index (χ3v) is 4.40. The number of amides is 1. The van der Waals surface area contributed by atoms with Crippen molar-refractivity contribution in [3.63, 3.8) is 0 Å². The number of ether oxygens (including phenoxy) is 1. The molecule has 0 saturated carbocycles. The molecule has 0 bridgehead atoms. The van der Waals surface area contributed by atoms with Crippen LogP contribution in [0.25, 0.3) is 0 Å². The number of carbonyl (C=O) groups excluding carboxylic acids is 1. The lowest BCUT2D eigenvalue weighted by Crippen LogP contribution is -2.25. The van der Waals surface area contributed by atoms with E-state index in [1.54, 1.807) is 13.2 Å². The second-order valence-electron chi connectivity index (χ2n) is 3.94. The summed E-state index contributed by atoms with van der Waals surface area (Å²) in [7, 11) is 1.59. The molecule has 2 rings (SSSR count). The molecule has 5 heteroatoms. The van der Waals surface area contributed by atoms with Crippen LogP contribution in [-0.4, -0.2) is 19.6 Å². The fraction of sp³-hybridized carbons (Fsp3) is 0.214. The van der Waals surface area contributed by atoms with Gasteiger partial charge in [-0.1, -0.05) is 46.3 Å². The Kier molecular flexibility index (Phi) is 4.99. The van der Waals surface area contributed by atoms with Crippen molar-refractivity contribution in [2.24, 2.45) is 0 Å². The summed E-state index contributed by atoms with van der Waals surface area (Å²) in [5.74, 6) is 0.641. The van der Waals surface area contributed by atoms with Crippen LogP contribution >= 0.6 is 27.3 Å². The molecule has 1 amide bonds. The van der Waals surface area contributed by atoms with E-state index in [1.165, 1.54) is 11.3 Å². The van der Waals surface area contributed by atoms with Crippen LogP contribution in [0.4, 0.5) is 0 Å². The molecule has 0 radical (unpaired) electrons. The highest BCUT2D eigenvalue weighted by Gasteiger charge is 2.12. The predicted octanol–water partition coefficient (Wildman–Crippen LogP) is 3.62. The molecule has 0 aliphatic carbocycles. The number of methoxy groups -OCH3 is 1. The second-order valence-corrected chi connectivity index (χ2v) is 5.96. The number of rotatable bonds is 5. The molecular weight excluding hydrogens is 326 g/mol. The quantitative estimate of drug-likeness (QED) is 0.845. The molecule has 0 aliphatic rings. The normalized spacial score (nSPS) is 11.9. The first-order chi connectivity index (χ1) is 9.20. The highest BCUT2D eigenvalue weighted by atomic mass is 79.9. The van der Waals surface area contributed by atoms with Gasteiger partial charge in [0.2, 0.25) is 0 Å². The molecule has 2 aromatic rings. The van der Waals surface area contributed by atoms with Crippen LogP contribution in [0.15, 0.2) is 41.8 Å². The van der Waals surface area contributed by atoms with E-state index in [-0.39, 0.29) is 10.7 Å². The number of hydrogen-bond donors (Lipinski definition) is 1. The third-order valence-electron chi connectivity index (χ3n) is 2.64. The Morgan fingerprint density at radius 2 is 2.16 bits per heavy atom. The van der Waals surface area contributed by atoms with Crippen molar-refractivity contribution in [1.82, 2.24) is 5.32 Å². The van der Waals surface area contributed by atoms with Crippen LogP contribution < -0.4 is 10.1 Å². The lowest BCUT2D eigenvalue weighted by Gasteiger charge is -2.10. The zero-order chi connectivity index (χ0) is 13.7. The van der Waals surface area contributed by atoms with Gasteiger partial charge >= 0.3 is 0 Å². The van der Waals surface area contributed by atoms with Crippen molar-refractivity contribution in [1.29, 1.82) is 0 Å². The summed E-state index contributed by atoms with van der Waals surface area (Å²) in [6, 6.07) is 11.7. The minimum absolute atomic E-state index is 0.0753. The maximum atomic E-state index is 11.9. The molecule has 1 aromatic carbocycles. The zero-order valence-electron chi connectivity index (χ0n) is 10.4. The van der Waals surface area contributed by atoms with Crippen molar-refractivity contribution in [2.45, 2.75) is 4.83 Å². The van der Waals surface area contributed by atoms with E-state index in [1.807, 2.05) is 35.7 Å². The van der Waals surface area contributed by atoms with Crippen LogP contribution in [0.3, 0.4) is 0 Å². The van der Waals surface area contributed by atoms with Gasteiger partial charge in [0.25, 0.3) is 5.91 Å². The van der Waals surface area contributed by atoms with Gasteiger partial charge in [-0.3, -0.25) is 4.79 Å². The van der Waals surface area contributed by atoms with Crippen LogP contribution in [0, 0.1) is 0 Å². The molecule has 0 saturated heterocycles. The molecule has 19 heavy (non-hydrogen) atoms. The van der Waals surface area contributed by atoms with Gasteiger partial charge in [-0.2, -0.15) is 0 Å². The number of thiophene rings is 1. The van der Waals surface area contributed by atoms with Crippen LogP contribution in [-0.2, 0) is 0 Å². The van der Waals surface area contributed by atoms with E-state index >= 15 is 0 Å². The van der Waals surface area contributed by atoms with Crippen LogP contribution in [0.5, 0.6) is 5.75 Å². The molecule has 1 N–H and O–H groups in total. The molecule has 0 aliphatic heterocycles. The Morgan fingerprint density at radius 3 is 2.79 bits per heavy atom. The molecule has 1 unspecified atom stereocenters. The monoisotopic (exact) mass is 339 g/mol. The Balaban J connectivity index is 1.90. The number of alkyl halides is 1. The van der Waals surface area contributed by atoms with Crippen molar-refractivity contribution >= 4 is 33.2 Å². The highest BCUT2D eigenvalue weighted by molar-refractivity contribution is 9.09. The van der Waals surface area contributed by atoms with Crippen molar-refractivity contribution in [3.05, 3.63) is 52.2 Å². The minimum Gasteiger partial charge on any atom is -0.496 e. The van der Waals surface area contributed by atoms with E-state index in [0.717, 1.165) is 5.56 Å². The predicted molar refractivity (Wildman–Crippen MR) is 81.3 cm³/mol. The van der Waals surface area contributed by atoms with Gasteiger partial charge in [0, 0.05) is 18.0 Å². The average molecular weight is 340 g/mol. The van der Waals surface area contributed by atoms with E-state index in [2.05, 4.69) is 21.2 Å². The first-order valence-electron chi connectivity index (χ1n) is 5.80. The average Bonchev–Trinajstić information content (AvgIpc) is 2.94. The Morgan fingerprint density at radius 1 is 1.42 bits per heavy atom. The SMILES string of the molecule is COc1csc(C(=O)NCC(Br)c2ccccc2)c1. The maximum Gasteiger partial charge on any atom is 0.261 e. The number of carbonyl (C=O) groups is 1. The van der Waals surface area contributed by atoms with Crippen molar-refractivity contribution in [2.75, 3.05) is 13.7 Å². The van der Waals surface area contributed by atoms with Gasteiger partial charge in [0.05, 0.1) is 16.8 Å². The van der Waals surface area contributed by atoms with E-state index < -0.39 is 0 Å². The van der Waals surface area contributed by atoms with Gasteiger partial charge in [-0.05, 0) is 5.56 Å². The number of halogens is 1. The van der Waals surface area contributed by atoms with Gasteiger partial charge in [-0.15, -0.1) is 11.3 Å². The molecule has 0 fully saturated rings. The molecule has 100 valence electrons. The summed E-state index contributed by atoms with van der Waals surface area (Å²) in [5.41, 5.74) is 1.14. The largest absolute Gasteiger partial charge is 0.496 e. The van der Waals surface area contributed by atoms with E-state index in [4.69, 9.17) is 4.74 Å². The molecule has 1 aromatic heterocycles. The number of benzene rings is 1. The Hall–Kier alpha value is -1.33. The lowest BCUT2D eigenvalue weighted by atomic mass is 10.1. The smallest absolute Gasteiger partial charge is 0.261 e. The molecule has 1 heterocycles. The summed E-state index contributed by atoms with van der Waals surface area (Å²) in [6.45, 7) is 0.545. The fourth-order valence-electron chi connectivity index (χ4n) is 1.59. The molecular formula is C14H14BrNO2S. The van der Waals surface area contributed by atoms with Crippen molar-refractivity contribution < 1.29 is 9.53 Å².